The minimum absolute atomic E-state index is 0.105. The molecule has 0 aliphatic carbocycles. The van der Waals surface area contributed by atoms with E-state index in [0.717, 1.165) is 10.5 Å². The molecular weight excluding hydrogens is 410 g/mol. The molecule has 30 heavy (non-hydrogen) atoms. The standard InChI is InChI=1S/C19H25N5O5S/c1-10-21-16-15(18(26)24(3)19(27)23(16)2)17(22-10)30-8-14(25)20-7-11-4-5-12-13(6-11)29-9-28-12/h4-6,10,15-17,21-22H,7-9H2,1-3H3,(H,20,25). The van der Waals surface area contributed by atoms with Crippen molar-refractivity contribution >= 4 is 29.6 Å². The first-order valence-electron chi connectivity index (χ1n) is 9.68. The Morgan fingerprint density at radius 1 is 1.23 bits per heavy atom. The highest BCUT2D eigenvalue weighted by Gasteiger charge is 2.50. The highest BCUT2D eigenvalue weighted by atomic mass is 32.2. The maximum absolute atomic E-state index is 12.7. The molecule has 2 fully saturated rings. The van der Waals surface area contributed by atoms with Crippen molar-refractivity contribution < 1.29 is 23.9 Å². The molecule has 10 nitrogen and oxygen atoms in total. The Balaban J connectivity index is 1.34. The molecule has 1 aromatic carbocycles. The van der Waals surface area contributed by atoms with Gasteiger partial charge < -0.3 is 19.7 Å². The first-order valence-corrected chi connectivity index (χ1v) is 10.7. The number of amides is 4. The lowest BCUT2D eigenvalue weighted by molar-refractivity contribution is -0.140. The van der Waals surface area contributed by atoms with Crippen molar-refractivity contribution in [2.45, 2.75) is 31.2 Å². The van der Waals surface area contributed by atoms with E-state index in [1.54, 1.807) is 7.05 Å². The first-order chi connectivity index (χ1) is 14.3. The molecule has 3 aliphatic rings. The second kappa shape index (κ2) is 8.32. The van der Waals surface area contributed by atoms with Crippen molar-refractivity contribution in [2.75, 3.05) is 26.6 Å². The van der Waals surface area contributed by atoms with E-state index in [0.29, 0.717) is 18.0 Å². The Hall–Kier alpha value is -2.50. The van der Waals surface area contributed by atoms with E-state index in [1.165, 1.54) is 23.7 Å². The zero-order valence-electron chi connectivity index (χ0n) is 17.0. The van der Waals surface area contributed by atoms with Gasteiger partial charge in [0, 0.05) is 20.6 Å². The molecule has 4 amide bonds. The molecule has 0 saturated carbocycles. The Bertz CT molecular complexity index is 868. The number of urea groups is 1. The van der Waals surface area contributed by atoms with Gasteiger partial charge in [0.05, 0.1) is 29.4 Å². The zero-order valence-corrected chi connectivity index (χ0v) is 17.8. The van der Waals surface area contributed by atoms with Crippen LogP contribution in [0.25, 0.3) is 0 Å². The molecule has 0 bridgehead atoms. The van der Waals surface area contributed by atoms with Crippen LogP contribution in [0.4, 0.5) is 4.79 Å². The number of rotatable bonds is 5. The lowest BCUT2D eigenvalue weighted by Gasteiger charge is -2.49. The topological polar surface area (TPSA) is 112 Å². The number of ether oxygens (including phenoxy) is 2. The van der Waals surface area contributed by atoms with Crippen LogP contribution >= 0.6 is 11.8 Å². The van der Waals surface area contributed by atoms with Crippen molar-refractivity contribution in [3.63, 3.8) is 0 Å². The third kappa shape index (κ3) is 3.92. The number of nitrogens with zero attached hydrogens (tertiary/aromatic N) is 2. The minimum Gasteiger partial charge on any atom is -0.454 e. The van der Waals surface area contributed by atoms with Crippen LogP contribution in [0.3, 0.4) is 0 Å². The summed E-state index contributed by atoms with van der Waals surface area (Å²) in [5, 5.41) is 9.15. The fourth-order valence-corrected chi connectivity index (χ4v) is 5.04. The van der Waals surface area contributed by atoms with Crippen LogP contribution in [0.1, 0.15) is 12.5 Å². The number of hydrogen-bond donors (Lipinski definition) is 3. The van der Waals surface area contributed by atoms with Crippen LogP contribution in [0.15, 0.2) is 18.2 Å². The van der Waals surface area contributed by atoms with E-state index < -0.39 is 12.1 Å². The van der Waals surface area contributed by atoms with Crippen molar-refractivity contribution in [3.05, 3.63) is 23.8 Å². The average molecular weight is 436 g/mol. The van der Waals surface area contributed by atoms with Crippen molar-refractivity contribution in [1.29, 1.82) is 0 Å². The zero-order chi connectivity index (χ0) is 21.4. The number of benzene rings is 1. The molecule has 4 atom stereocenters. The molecule has 1 aromatic rings. The molecule has 4 unspecified atom stereocenters. The molecule has 0 spiro atoms. The minimum atomic E-state index is -0.486. The molecule has 162 valence electrons. The number of carbonyl (C=O) groups is 3. The summed E-state index contributed by atoms with van der Waals surface area (Å²) >= 11 is 1.37. The van der Waals surface area contributed by atoms with Gasteiger partial charge in [-0.1, -0.05) is 6.07 Å². The van der Waals surface area contributed by atoms with Crippen LogP contribution < -0.4 is 25.4 Å². The molecule has 0 aromatic heterocycles. The smallest absolute Gasteiger partial charge is 0.327 e. The van der Waals surface area contributed by atoms with Gasteiger partial charge in [-0.05, 0) is 24.6 Å². The molecule has 3 heterocycles. The second-order valence-corrected chi connectivity index (χ2v) is 8.64. The summed E-state index contributed by atoms with van der Waals surface area (Å²) in [5.74, 6) is 0.685. The molecule has 0 radical (unpaired) electrons. The molecule has 3 aliphatic heterocycles. The maximum atomic E-state index is 12.7. The number of carbonyl (C=O) groups excluding carboxylic acids is 3. The Morgan fingerprint density at radius 3 is 2.80 bits per heavy atom. The predicted octanol–water partition coefficient (Wildman–Crippen LogP) is 0.0957. The highest BCUT2D eigenvalue weighted by Crippen LogP contribution is 2.33. The van der Waals surface area contributed by atoms with Crippen LogP contribution in [-0.4, -0.2) is 72.0 Å². The van der Waals surface area contributed by atoms with Crippen LogP contribution in [-0.2, 0) is 16.1 Å². The summed E-state index contributed by atoms with van der Waals surface area (Å²) in [7, 11) is 3.16. The van der Waals surface area contributed by atoms with Crippen LogP contribution in [0, 0.1) is 5.92 Å². The Labute approximate surface area is 178 Å². The predicted molar refractivity (Wildman–Crippen MR) is 110 cm³/mol. The van der Waals surface area contributed by atoms with Gasteiger partial charge in [-0.15, -0.1) is 11.8 Å². The van der Waals surface area contributed by atoms with Gasteiger partial charge in [-0.25, -0.2) is 4.79 Å². The van der Waals surface area contributed by atoms with Crippen molar-refractivity contribution in [2.24, 2.45) is 5.92 Å². The maximum Gasteiger partial charge on any atom is 0.327 e. The van der Waals surface area contributed by atoms with Gasteiger partial charge in [0.25, 0.3) is 0 Å². The fourth-order valence-electron chi connectivity index (χ4n) is 3.83. The fraction of sp³-hybridized carbons (Fsp3) is 0.526. The summed E-state index contributed by atoms with van der Waals surface area (Å²) in [6.07, 6.45) is -0.515. The summed E-state index contributed by atoms with van der Waals surface area (Å²) in [5.41, 5.74) is 0.912. The van der Waals surface area contributed by atoms with Gasteiger partial charge >= 0.3 is 6.03 Å². The van der Waals surface area contributed by atoms with Gasteiger partial charge in [0.15, 0.2) is 11.5 Å². The van der Waals surface area contributed by atoms with Gasteiger partial charge in [0.1, 0.15) is 0 Å². The Morgan fingerprint density at radius 2 is 2.00 bits per heavy atom. The lowest BCUT2D eigenvalue weighted by Crippen LogP contribution is -2.73. The summed E-state index contributed by atoms with van der Waals surface area (Å²) in [4.78, 5) is 40.1. The summed E-state index contributed by atoms with van der Waals surface area (Å²) < 4.78 is 10.6. The van der Waals surface area contributed by atoms with E-state index >= 15 is 0 Å². The highest BCUT2D eigenvalue weighted by molar-refractivity contribution is 8.00. The Kier molecular flexibility index (Phi) is 5.76. The van der Waals surface area contributed by atoms with E-state index in [1.807, 2.05) is 25.1 Å². The largest absolute Gasteiger partial charge is 0.454 e. The molecule has 2 saturated heterocycles. The SMILES string of the molecule is CC1NC(SCC(=O)NCc2ccc3c(c2)OCO3)C2C(=O)N(C)C(=O)N(C)C2N1. The molecular formula is C19H25N5O5S. The number of hydrogen-bond acceptors (Lipinski definition) is 8. The van der Waals surface area contributed by atoms with E-state index in [-0.39, 0.29) is 41.9 Å². The third-order valence-corrected chi connectivity index (χ3v) is 6.66. The third-order valence-electron chi connectivity index (χ3n) is 5.44. The van der Waals surface area contributed by atoms with Gasteiger partial charge in [-0.2, -0.15) is 0 Å². The second-order valence-electron chi connectivity index (χ2n) is 7.51. The van der Waals surface area contributed by atoms with Crippen LogP contribution in [0.2, 0.25) is 0 Å². The first kappa shape index (κ1) is 20.8. The summed E-state index contributed by atoms with van der Waals surface area (Å²) in [6, 6.07) is 5.21. The van der Waals surface area contributed by atoms with Crippen LogP contribution in [0.5, 0.6) is 11.5 Å². The number of nitrogens with one attached hydrogen (secondary N) is 3. The number of imide groups is 1. The number of thioether (sulfide) groups is 1. The molecule has 3 N–H and O–H groups in total. The number of fused-ring (bicyclic) bond motifs is 2. The lowest BCUT2D eigenvalue weighted by atomic mass is 9.97. The van der Waals surface area contributed by atoms with Crippen molar-refractivity contribution in [3.8, 4) is 11.5 Å². The van der Waals surface area contributed by atoms with Crippen molar-refractivity contribution in [1.82, 2.24) is 25.8 Å². The molecule has 4 rings (SSSR count). The quantitative estimate of drug-likeness (QED) is 0.597. The normalized spacial score (nSPS) is 27.8. The average Bonchev–Trinajstić information content (AvgIpc) is 3.20. The monoisotopic (exact) mass is 435 g/mol. The van der Waals surface area contributed by atoms with E-state index in [2.05, 4.69) is 16.0 Å². The van der Waals surface area contributed by atoms with E-state index in [4.69, 9.17) is 9.47 Å². The molecule has 11 heteroatoms. The van der Waals surface area contributed by atoms with Gasteiger partial charge in [-0.3, -0.25) is 25.1 Å². The van der Waals surface area contributed by atoms with Gasteiger partial charge in [0.2, 0.25) is 18.6 Å². The van der Waals surface area contributed by atoms with E-state index in [9.17, 15) is 14.4 Å². The summed E-state index contributed by atoms with van der Waals surface area (Å²) in [6.45, 7) is 2.50.